The minimum absolute atomic E-state index is 0.280. The molecule has 2 N–H and O–H groups in total. The van der Waals surface area contributed by atoms with E-state index >= 15 is 0 Å². The second kappa shape index (κ2) is 3.92. The third-order valence-corrected chi connectivity index (χ3v) is 1.42. The van der Waals surface area contributed by atoms with Gasteiger partial charge in [0.1, 0.15) is 5.15 Å². The van der Waals surface area contributed by atoms with Gasteiger partial charge in [0.2, 0.25) is 0 Å². The van der Waals surface area contributed by atoms with Crippen LogP contribution in [0.4, 0.5) is 10.5 Å². The van der Waals surface area contributed by atoms with Gasteiger partial charge in [-0.05, 0) is 12.1 Å². The summed E-state index contributed by atoms with van der Waals surface area (Å²) >= 11 is 5.59. The van der Waals surface area contributed by atoms with Gasteiger partial charge < -0.3 is 10.6 Å². The van der Waals surface area contributed by atoms with Gasteiger partial charge in [-0.2, -0.15) is 0 Å². The Morgan fingerprint density at radius 2 is 2.42 bits per heavy atom. The topological polar surface area (TPSA) is 54.0 Å². The predicted octanol–water partition coefficient (Wildman–Crippen LogP) is 1.49. The van der Waals surface area contributed by atoms with Gasteiger partial charge in [-0.3, -0.25) is 0 Å². The maximum absolute atomic E-state index is 10.8. The van der Waals surface area contributed by atoms with E-state index in [0.29, 0.717) is 10.8 Å². The Hall–Kier alpha value is -1.29. The van der Waals surface area contributed by atoms with Crippen molar-refractivity contribution in [3.63, 3.8) is 0 Å². The van der Waals surface area contributed by atoms with Crippen molar-refractivity contribution in [2.24, 2.45) is 0 Å². The van der Waals surface area contributed by atoms with Crippen molar-refractivity contribution in [3.8, 4) is 0 Å². The van der Waals surface area contributed by atoms with Gasteiger partial charge in [0.05, 0.1) is 0 Å². The molecule has 0 saturated carbocycles. The average molecular weight is 186 g/mol. The lowest BCUT2D eigenvalue weighted by atomic mass is 10.4. The molecule has 5 heteroatoms. The third-order valence-electron chi connectivity index (χ3n) is 1.21. The number of halogens is 1. The van der Waals surface area contributed by atoms with E-state index in [1.807, 2.05) is 0 Å². The van der Waals surface area contributed by atoms with E-state index in [4.69, 9.17) is 11.6 Å². The molecule has 0 saturated heterocycles. The Balaban J connectivity index is 2.69. The number of rotatable bonds is 1. The molecule has 0 spiro atoms. The molecule has 0 radical (unpaired) electrons. The van der Waals surface area contributed by atoms with Gasteiger partial charge >= 0.3 is 6.03 Å². The molecular weight excluding hydrogens is 178 g/mol. The number of urea groups is 1. The molecule has 0 aliphatic heterocycles. The van der Waals surface area contributed by atoms with Gasteiger partial charge in [-0.1, -0.05) is 11.6 Å². The molecule has 0 bridgehead atoms. The molecule has 0 aromatic carbocycles. The van der Waals surface area contributed by atoms with Crippen LogP contribution in [0.2, 0.25) is 5.15 Å². The first-order chi connectivity index (χ1) is 5.72. The number of anilines is 1. The number of nitrogens with zero attached hydrogens (tertiary/aromatic N) is 1. The largest absolute Gasteiger partial charge is 0.341 e. The predicted molar refractivity (Wildman–Crippen MR) is 47.3 cm³/mol. The van der Waals surface area contributed by atoms with Crippen LogP contribution in [0.25, 0.3) is 0 Å². The van der Waals surface area contributed by atoms with Gasteiger partial charge in [0.25, 0.3) is 0 Å². The normalized spacial score (nSPS) is 9.17. The number of amides is 2. The van der Waals surface area contributed by atoms with E-state index in [9.17, 15) is 4.79 Å². The first-order valence-corrected chi connectivity index (χ1v) is 3.70. The number of hydrogen-bond donors (Lipinski definition) is 2. The van der Waals surface area contributed by atoms with E-state index < -0.39 is 0 Å². The van der Waals surface area contributed by atoms with Crippen molar-refractivity contribution >= 4 is 23.3 Å². The number of aromatic nitrogens is 1. The smallest absolute Gasteiger partial charge is 0.318 e. The molecule has 0 atom stereocenters. The van der Waals surface area contributed by atoms with Crippen LogP contribution < -0.4 is 10.6 Å². The van der Waals surface area contributed by atoms with Crippen LogP contribution in [0.1, 0.15) is 0 Å². The first-order valence-electron chi connectivity index (χ1n) is 3.32. The zero-order chi connectivity index (χ0) is 8.97. The fourth-order valence-corrected chi connectivity index (χ4v) is 0.848. The summed E-state index contributed by atoms with van der Waals surface area (Å²) in [5.74, 6) is 0. The van der Waals surface area contributed by atoms with E-state index in [0.717, 1.165) is 0 Å². The molecule has 12 heavy (non-hydrogen) atoms. The number of nitrogens with one attached hydrogen (secondary N) is 2. The summed E-state index contributed by atoms with van der Waals surface area (Å²) in [5, 5.41) is 5.33. The van der Waals surface area contributed by atoms with Gasteiger partial charge in [-0.25, -0.2) is 9.78 Å². The second-order valence-electron chi connectivity index (χ2n) is 2.07. The average Bonchev–Trinajstić information content (AvgIpc) is 2.04. The highest BCUT2D eigenvalue weighted by Crippen LogP contribution is 2.11. The fraction of sp³-hybridized carbons (Fsp3) is 0.143. The molecule has 64 valence electrons. The highest BCUT2D eigenvalue weighted by molar-refractivity contribution is 6.29. The number of pyridine rings is 1. The molecule has 4 nitrogen and oxygen atoms in total. The Bertz CT molecular complexity index is 290. The number of carbonyl (C=O) groups is 1. The fourth-order valence-electron chi connectivity index (χ4n) is 0.674. The Morgan fingerprint density at radius 1 is 1.67 bits per heavy atom. The summed E-state index contributed by atoms with van der Waals surface area (Å²) in [6, 6.07) is 2.94. The minimum Gasteiger partial charge on any atom is -0.341 e. The monoisotopic (exact) mass is 185 g/mol. The van der Waals surface area contributed by atoms with E-state index in [1.165, 1.54) is 13.2 Å². The van der Waals surface area contributed by atoms with Crippen molar-refractivity contribution in [1.82, 2.24) is 10.3 Å². The summed E-state index contributed by atoms with van der Waals surface area (Å²) in [6.07, 6.45) is 1.52. The molecule has 1 heterocycles. The zero-order valence-electron chi connectivity index (χ0n) is 6.47. The van der Waals surface area contributed by atoms with Crippen LogP contribution in [0, 0.1) is 0 Å². The van der Waals surface area contributed by atoms with Gasteiger partial charge in [0.15, 0.2) is 0 Å². The van der Waals surface area contributed by atoms with Crippen molar-refractivity contribution in [2.45, 2.75) is 0 Å². The molecule has 1 aromatic rings. The van der Waals surface area contributed by atoms with E-state index in [-0.39, 0.29) is 6.03 Å². The van der Waals surface area contributed by atoms with Crippen LogP contribution >= 0.6 is 11.6 Å². The number of hydrogen-bond acceptors (Lipinski definition) is 2. The van der Waals surface area contributed by atoms with Crippen LogP contribution in [-0.2, 0) is 0 Å². The summed E-state index contributed by atoms with van der Waals surface area (Å²) in [7, 11) is 1.54. The lowest BCUT2D eigenvalue weighted by Crippen LogP contribution is -2.24. The summed E-state index contributed by atoms with van der Waals surface area (Å²) in [4.78, 5) is 14.6. The standard InChI is InChI=1S/C7H8ClN3O/c1-9-7(12)11-5-2-3-10-6(8)4-5/h2-4H,1H3,(H2,9,10,11,12). The molecule has 2 amide bonds. The lowest BCUT2D eigenvalue weighted by molar-refractivity contribution is 0.254. The highest BCUT2D eigenvalue weighted by atomic mass is 35.5. The molecule has 0 unspecified atom stereocenters. The first kappa shape index (κ1) is 8.80. The van der Waals surface area contributed by atoms with Crippen LogP contribution in [0.5, 0.6) is 0 Å². The molecular formula is C7H8ClN3O. The SMILES string of the molecule is CNC(=O)Nc1ccnc(Cl)c1. The van der Waals surface area contributed by atoms with Crippen LogP contribution in [0.3, 0.4) is 0 Å². The molecule has 0 aliphatic carbocycles. The maximum Gasteiger partial charge on any atom is 0.318 e. The minimum atomic E-state index is -0.280. The third kappa shape index (κ3) is 2.39. The summed E-state index contributed by atoms with van der Waals surface area (Å²) in [6.45, 7) is 0. The quantitative estimate of drug-likeness (QED) is 0.652. The van der Waals surface area contributed by atoms with E-state index in [2.05, 4.69) is 15.6 Å². The Morgan fingerprint density at radius 3 is 3.00 bits per heavy atom. The molecule has 0 aliphatic rings. The van der Waals surface area contributed by atoms with Crippen molar-refractivity contribution in [2.75, 3.05) is 12.4 Å². The van der Waals surface area contributed by atoms with Crippen molar-refractivity contribution in [3.05, 3.63) is 23.5 Å². The molecule has 1 rings (SSSR count). The highest BCUT2D eigenvalue weighted by Gasteiger charge is 1.98. The second-order valence-corrected chi connectivity index (χ2v) is 2.46. The van der Waals surface area contributed by atoms with Crippen molar-refractivity contribution < 1.29 is 4.79 Å². The van der Waals surface area contributed by atoms with Crippen LogP contribution in [-0.4, -0.2) is 18.1 Å². The van der Waals surface area contributed by atoms with Crippen LogP contribution in [0.15, 0.2) is 18.3 Å². The Kier molecular flexibility index (Phi) is 2.88. The van der Waals surface area contributed by atoms with E-state index in [1.54, 1.807) is 12.1 Å². The molecule has 1 aromatic heterocycles. The molecule has 0 fully saturated rings. The van der Waals surface area contributed by atoms with Crippen molar-refractivity contribution in [1.29, 1.82) is 0 Å². The summed E-state index contributed by atoms with van der Waals surface area (Å²) < 4.78 is 0. The zero-order valence-corrected chi connectivity index (χ0v) is 7.22. The van der Waals surface area contributed by atoms with Gasteiger partial charge in [-0.15, -0.1) is 0 Å². The lowest BCUT2D eigenvalue weighted by Gasteiger charge is -2.02. The number of carbonyl (C=O) groups excluding carboxylic acids is 1. The van der Waals surface area contributed by atoms with Gasteiger partial charge in [0, 0.05) is 18.9 Å². The maximum atomic E-state index is 10.8. The Labute approximate surface area is 74.9 Å². The summed E-state index contributed by atoms with van der Waals surface area (Å²) in [5.41, 5.74) is 0.620.